The summed E-state index contributed by atoms with van der Waals surface area (Å²) in [5.74, 6) is 0.121. The fourth-order valence-corrected chi connectivity index (χ4v) is 3.23. The highest BCUT2D eigenvalue weighted by Crippen LogP contribution is 2.26. The smallest absolute Gasteiger partial charge is 0.229 e. The molecule has 1 aromatic carbocycles. The molecule has 0 spiro atoms. The minimum atomic E-state index is -0.666. The summed E-state index contributed by atoms with van der Waals surface area (Å²) in [6.07, 6.45) is 2.30. The number of aryl methyl sites for hydroxylation is 1. The van der Waals surface area contributed by atoms with Crippen LogP contribution in [0.15, 0.2) is 22.6 Å². The Bertz CT molecular complexity index is 700. The van der Waals surface area contributed by atoms with Gasteiger partial charge in [-0.3, -0.25) is 4.90 Å². The van der Waals surface area contributed by atoms with Gasteiger partial charge in [-0.2, -0.15) is 0 Å². The van der Waals surface area contributed by atoms with Crippen molar-refractivity contribution in [2.24, 2.45) is 5.92 Å². The summed E-state index contributed by atoms with van der Waals surface area (Å²) in [4.78, 5) is 6.76. The van der Waals surface area contributed by atoms with Gasteiger partial charge in [-0.25, -0.2) is 13.8 Å². The second-order valence-electron chi connectivity index (χ2n) is 6.34. The van der Waals surface area contributed by atoms with Gasteiger partial charge in [-0.1, -0.05) is 0 Å². The Hall–Kier alpha value is -1.79. The molecule has 6 heteroatoms. The number of hydrogen-bond donors (Lipinski definition) is 0. The summed E-state index contributed by atoms with van der Waals surface area (Å²) in [6.45, 7) is 5.22. The molecule has 2 aromatic rings. The van der Waals surface area contributed by atoms with Crippen molar-refractivity contribution in [3.8, 4) is 11.5 Å². The molecule has 0 bridgehead atoms. The molecular formula is C18H22F2N2O2. The number of ether oxygens (including phenoxy) is 1. The monoisotopic (exact) mass is 336 g/mol. The van der Waals surface area contributed by atoms with Crippen LogP contribution in [0.2, 0.25) is 0 Å². The molecule has 130 valence electrons. The first-order valence-electron chi connectivity index (χ1n) is 8.20. The minimum absolute atomic E-state index is 0.182. The second kappa shape index (κ2) is 7.40. The molecule has 1 fully saturated rings. The van der Waals surface area contributed by atoms with Crippen LogP contribution in [0.25, 0.3) is 11.5 Å². The van der Waals surface area contributed by atoms with Crippen LogP contribution < -0.4 is 0 Å². The Morgan fingerprint density at radius 1 is 1.38 bits per heavy atom. The van der Waals surface area contributed by atoms with E-state index in [0.29, 0.717) is 18.2 Å². The third-order valence-corrected chi connectivity index (χ3v) is 4.43. The highest BCUT2D eigenvalue weighted by molar-refractivity contribution is 5.54. The molecule has 3 rings (SSSR count). The van der Waals surface area contributed by atoms with E-state index in [-0.39, 0.29) is 11.5 Å². The van der Waals surface area contributed by atoms with Gasteiger partial charge in [-0.15, -0.1) is 0 Å². The lowest BCUT2D eigenvalue weighted by atomic mass is 9.99. The van der Waals surface area contributed by atoms with Gasteiger partial charge < -0.3 is 9.15 Å². The molecule has 1 aliphatic rings. The number of methoxy groups -OCH3 is 1. The molecule has 24 heavy (non-hydrogen) atoms. The molecule has 1 atom stereocenters. The fraction of sp³-hybridized carbons (Fsp3) is 0.500. The topological polar surface area (TPSA) is 38.5 Å². The maximum absolute atomic E-state index is 13.9. The van der Waals surface area contributed by atoms with Crippen molar-refractivity contribution in [2.45, 2.75) is 26.3 Å². The molecule has 0 aliphatic carbocycles. The van der Waals surface area contributed by atoms with Crippen LogP contribution in [0.1, 0.15) is 24.3 Å². The molecular weight excluding hydrogens is 314 g/mol. The van der Waals surface area contributed by atoms with E-state index in [9.17, 15) is 8.78 Å². The predicted octanol–water partition coefficient (Wildman–Crippen LogP) is 3.79. The lowest BCUT2D eigenvalue weighted by Gasteiger charge is -2.31. The number of oxazole rings is 1. The van der Waals surface area contributed by atoms with Crippen LogP contribution in [-0.2, 0) is 11.3 Å². The van der Waals surface area contributed by atoms with Crippen LogP contribution in [0.3, 0.4) is 0 Å². The molecule has 1 saturated heterocycles. The number of aromatic nitrogens is 1. The maximum atomic E-state index is 13.9. The highest BCUT2D eigenvalue weighted by atomic mass is 19.1. The Kier molecular flexibility index (Phi) is 5.26. The standard InChI is InChI=1S/C18H22F2N2O2/c1-12-17(10-22-7-3-4-13(9-22)11-23-2)21-18(24-12)15-6-5-14(19)8-16(15)20/h5-6,8,13H,3-4,7,9-11H2,1-2H3. The molecule has 4 nitrogen and oxygen atoms in total. The van der Waals surface area contributed by atoms with Crippen molar-refractivity contribution in [1.29, 1.82) is 0 Å². The number of halogens is 2. The van der Waals surface area contributed by atoms with E-state index in [1.165, 1.54) is 18.6 Å². The van der Waals surface area contributed by atoms with Crippen LogP contribution in [0.4, 0.5) is 8.78 Å². The van der Waals surface area contributed by atoms with Gasteiger partial charge in [0.15, 0.2) is 0 Å². The number of benzene rings is 1. The first-order valence-corrected chi connectivity index (χ1v) is 8.20. The lowest BCUT2D eigenvalue weighted by molar-refractivity contribution is 0.0866. The van der Waals surface area contributed by atoms with Gasteiger partial charge in [-0.05, 0) is 44.4 Å². The summed E-state index contributed by atoms with van der Waals surface area (Å²) < 4.78 is 37.8. The quantitative estimate of drug-likeness (QED) is 0.833. The van der Waals surface area contributed by atoms with E-state index in [1.54, 1.807) is 7.11 Å². The summed E-state index contributed by atoms with van der Waals surface area (Å²) in [5, 5.41) is 0. The maximum Gasteiger partial charge on any atom is 0.229 e. The number of piperidine rings is 1. The van der Waals surface area contributed by atoms with Crippen molar-refractivity contribution in [3.05, 3.63) is 41.3 Å². The first-order chi connectivity index (χ1) is 11.6. The summed E-state index contributed by atoms with van der Waals surface area (Å²) in [7, 11) is 1.73. The van der Waals surface area contributed by atoms with Crippen LogP contribution in [-0.4, -0.2) is 36.7 Å². The molecule has 2 heterocycles. The van der Waals surface area contributed by atoms with Crippen molar-refractivity contribution >= 4 is 0 Å². The van der Waals surface area contributed by atoms with Crippen LogP contribution in [0.5, 0.6) is 0 Å². The van der Waals surface area contributed by atoms with Gasteiger partial charge >= 0.3 is 0 Å². The van der Waals surface area contributed by atoms with Gasteiger partial charge in [0.25, 0.3) is 0 Å². The summed E-state index contributed by atoms with van der Waals surface area (Å²) in [5.41, 5.74) is 0.980. The zero-order valence-electron chi connectivity index (χ0n) is 14.0. The minimum Gasteiger partial charge on any atom is -0.441 e. The third-order valence-electron chi connectivity index (χ3n) is 4.43. The SMILES string of the molecule is COCC1CCCN(Cc2nc(-c3ccc(F)cc3F)oc2C)C1. The summed E-state index contributed by atoms with van der Waals surface area (Å²) >= 11 is 0. The lowest BCUT2D eigenvalue weighted by Crippen LogP contribution is -2.36. The average Bonchev–Trinajstić information content (AvgIpc) is 2.88. The number of nitrogens with zero attached hydrogens (tertiary/aromatic N) is 2. The Labute approximate surface area is 140 Å². The van der Waals surface area contributed by atoms with Crippen LogP contribution >= 0.6 is 0 Å². The third kappa shape index (κ3) is 3.82. The van der Waals surface area contributed by atoms with E-state index >= 15 is 0 Å². The van der Waals surface area contributed by atoms with Crippen LogP contribution in [0, 0.1) is 24.5 Å². The molecule has 1 aliphatic heterocycles. The van der Waals surface area contributed by atoms with E-state index in [1.807, 2.05) is 6.92 Å². The number of hydrogen-bond acceptors (Lipinski definition) is 4. The highest BCUT2D eigenvalue weighted by Gasteiger charge is 2.22. The van der Waals surface area contributed by atoms with E-state index < -0.39 is 11.6 Å². The van der Waals surface area contributed by atoms with Crippen molar-refractivity contribution in [2.75, 3.05) is 26.8 Å². The zero-order chi connectivity index (χ0) is 17.1. The van der Waals surface area contributed by atoms with Gasteiger partial charge in [0, 0.05) is 26.3 Å². The van der Waals surface area contributed by atoms with Gasteiger partial charge in [0.1, 0.15) is 17.4 Å². The van der Waals surface area contributed by atoms with Gasteiger partial charge in [0.2, 0.25) is 5.89 Å². The summed E-state index contributed by atoms with van der Waals surface area (Å²) in [6, 6.07) is 3.40. The number of likely N-dealkylation sites (tertiary alicyclic amines) is 1. The van der Waals surface area contributed by atoms with Crippen molar-refractivity contribution in [3.63, 3.8) is 0 Å². The second-order valence-corrected chi connectivity index (χ2v) is 6.34. The Morgan fingerprint density at radius 3 is 2.96 bits per heavy atom. The molecule has 1 aromatic heterocycles. The molecule has 0 amide bonds. The number of rotatable bonds is 5. The van der Waals surface area contributed by atoms with Gasteiger partial charge in [0.05, 0.1) is 17.9 Å². The van der Waals surface area contributed by atoms with E-state index in [2.05, 4.69) is 9.88 Å². The molecule has 0 N–H and O–H groups in total. The molecule has 0 radical (unpaired) electrons. The van der Waals surface area contributed by atoms with Crippen molar-refractivity contribution < 1.29 is 17.9 Å². The van der Waals surface area contributed by atoms with Crippen molar-refractivity contribution in [1.82, 2.24) is 9.88 Å². The molecule has 1 unspecified atom stereocenters. The first kappa shape index (κ1) is 17.0. The fourth-order valence-electron chi connectivity index (χ4n) is 3.23. The Balaban J connectivity index is 1.74. The van der Waals surface area contributed by atoms with E-state index in [0.717, 1.165) is 37.9 Å². The Morgan fingerprint density at radius 2 is 2.21 bits per heavy atom. The van der Waals surface area contributed by atoms with E-state index in [4.69, 9.17) is 9.15 Å². The predicted molar refractivity (Wildman–Crippen MR) is 86.5 cm³/mol. The average molecular weight is 336 g/mol. The largest absolute Gasteiger partial charge is 0.441 e. The molecule has 0 saturated carbocycles. The zero-order valence-corrected chi connectivity index (χ0v) is 14.0. The normalized spacial score (nSPS) is 18.9.